The summed E-state index contributed by atoms with van der Waals surface area (Å²) in [7, 11) is -3.80. The highest BCUT2D eigenvalue weighted by Gasteiger charge is 2.21. The summed E-state index contributed by atoms with van der Waals surface area (Å²) in [5.74, 6) is -0.599. The quantitative estimate of drug-likeness (QED) is 0.940. The maximum atomic E-state index is 13.6. The second kappa shape index (κ2) is 5.25. The van der Waals surface area contributed by atoms with E-state index in [9.17, 15) is 12.8 Å². The van der Waals surface area contributed by atoms with Crippen LogP contribution in [0.25, 0.3) is 0 Å². The monoisotopic (exact) mass is 293 g/mol. The summed E-state index contributed by atoms with van der Waals surface area (Å²) in [6, 6.07) is 9.29. The molecule has 0 aliphatic carbocycles. The molecule has 3 nitrogen and oxygen atoms in total. The highest BCUT2D eigenvalue weighted by atomic mass is 32.2. The summed E-state index contributed by atoms with van der Waals surface area (Å²) in [6.45, 7) is 5.37. The smallest absolute Gasteiger partial charge is 0.262 e. The van der Waals surface area contributed by atoms with Gasteiger partial charge in [-0.25, -0.2) is 12.8 Å². The molecule has 2 aromatic rings. The Morgan fingerprint density at radius 1 is 1.00 bits per heavy atom. The Labute approximate surface area is 118 Å². The lowest BCUT2D eigenvalue weighted by Gasteiger charge is -2.14. The van der Waals surface area contributed by atoms with Crippen molar-refractivity contribution in [2.45, 2.75) is 25.7 Å². The maximum Gasteiger partial charge on any atom is 0.262 e. The molecule has 0 aliphatic heterocycles. The van der Waals surface area contributed by atoms with Gasteiger partial charge in [-0.3, -0.25) is 4.72 Å². The maximum absolute atomic E-state index is 13.6. The first-order chi connectivity index (χ1) is 9.31. The predicted octanol–water partition coefficient (Wildman–Crippen LogP) is 3.55. The van der Waals surface area contributed by atoms with Crippen molar-refractivity contribution in [2.24, 2.45) is 0 Å². The fraction of sp³-hybridized carbons (Fsp3) is 0.200. The van der Waals surface area contributed by atoms with E-state index in [1.54, 1.807) is 32.0 Å². The summed E-state index contributed by atoms with van der Waals surface area (Å²) >= 11 is 0. The van der Waals surface area contributed by atoms with Crippen molar-refractivity contribution in [3.8, 4) is 0 Å². The molecule has 2 rings (SSSR count). The molecule has 20 heavy (non-hydrogen) atoms. The van der Waals surface area contributed by atoms with Crippen LogP contribution in [-0.2, 0) is 10.0 Å². The number of aryl methyl sites for hydroxylation is 3. The minimum Gasteiger partial charge on any atom is -0.277 e. The number of anilines is 1. The zero-order valence-electron chi connectivity index (χ0n) is 11.6. The highest BCUT2D eigenvalue weighted by Crippen LogP contribution is 2.25. The molecule has 2 aromatic carbocycles. The number of nitrogens with one attached hydrogen (secondary N) is 1. The molecule has 5 heteroatoms. The van der Waals surface area contributed by atoms with Crippen LogP contribution in [0.15, 0.2) is 41.3 Å². The molecule has 0 atom stereocenters. The van der Waals surface area contributed by atoms with Gasteiger partial charge in [-0.1, -0.05) is 29.8 Å². The SMILES string of the molecule is Cc1cc(C)c(S(=O)(=O)Nc2ccccc2F)c(C)c1. The van der Waals surface area contributed by atoms with Crippen LogP contribution in [0.2, 0.25) is 0 Å². The lowest BCUT2D eigenvalue weighted by Crippen LogP contribution is -2.16. The summed E-state index contributed by atoms with van der Waals surface area (Å²) in [5.41, 5.74) is 2.23. The van der Waals surface area contributed by atoms with Crippen LogP contribution < -0.4 is 4.72 Å². The van der Waals surface area contributed by atoms with Gasteiger partial charge < -0.3 is 0 Å². The number of benzene rings is 2. The lowest BCUT2D eigenvalue weighted by molar-refractivity contribution is 0.597. The number of sulfonamides is 1. The average Bonchev–Trinajstić information content (AvgIpc) is 2.30. The van der Waals surface area contributed by atoms with E-state index < -0.39 is 15.8 Å². The Morgan fingerprint density at radius 3 is 2.10 bits per heavy atom. The Morgan fingerprint density at radius 2 is 1.55 bits per heavy atom. The molecule has 0 aliphatic rings. The molecule has 0 saturated carbocycles. The van der Waals surface area contributed by atoms with Crippen LogP contribution >= 0.6 is 0 Å². The largest absolute Gasteiger partial charge is 0.277 e. The third-order valence-corrected chi connectivity index (χ3v) is 4.66. The molecule has 0 radical (unpaired) electrons. The zero-order chi connectivity index (χ0) is 14.9. The van der Waals surface area contributed by atoms with Crippen molar-refractivity contribution in [1.82, 2.24) is 0 Å². The van der Waals surface area contributed by atoms with Gasteiger partial charge in [0, 0.05) is 0 Å². The van der Waals surface area contributed by atoms with Crippen LogP contribution in [0.5, 0.6) is 0 Å². The first kappa shape index (κ1) is 14.5. The molecule has 0 fully saturated rings. The van der Waals surface area contributed by atoms with E-state index >= 15 is 0 Å². The molecule has 0 unspecified atom stereocenters. The van der Waals surface area contributed by atoms with E-state index in [2.05, 4.69) is 4.72 Å². The minimum absolute atomic E-state index is 0.0492. The van der Waals surface area contributed by atoms with E-state index in [4.69, 9.17) is 0 Å². The Balaban J connectivity index is 2.50. The normalized spacial score (nSPS) is 11.4. The van der Waals surface area contributed by atoms with Crippen LogP contribution in [0, 0.1) is 26.6 Å². The Bertz CT molecular complexity index is 731. The van der Waals surface area contributed by atoms with E-state index in [0.29, 0.717) is 11.1 Å². The van der Waals surface area contributed by atoms with Crippen molar-refractivity contribution in [1.29, 1.82) is 0 Å². The van der Waals surface area contributed by atoms with Crippen molar-refractivity contribution < 1.29 is 12.8 Å². The van der Waals surface area contributed by atoms with E-state index in [1.165, 1.54) is 18.2 Å². The Hall–Kier alpha value is -1.88. The summed E-state index contributed by atoms with van der Waals surface area (Å²) in [6.07, 6.45) is 0. The number of halogens is 1. The van der Waals surface area contributed by atoms with Crippen molar-refractivity contribution >= 4 is 15.7 Å². The van der Waals surface area contributed by atoms with Crippen molar-refractivity contribution in [2.75, 3.05) is 4.72 Å². The average molecular weight is 293 g/mol. The number of rotatable bonds is 3. The highest BCUT2D eigenvalue weighted by molar-refractivity contribution is 7.92. The van der Waals surface area contributed by atoms with Gasteiger partial charge in [0.15, 0.2) is 0 Å². The van der Waals surface area contributed by atoms with Crippen molar-refractivity contribution in [3.63, 3.8) is 0 Å². The van der Waals surface area contributed by atoms with Gasteiger partial charge >= 0.3 is 0 Å². The molecule has 1 N–H and O–H groups in total. The van der Waals surface area contributed by atoms with Crippen LogP contribution in [0.1, 0.15) is 16.7 Å². The third kappa shape index (κ3) is 2.82. The van der Waals surface area contributed by atoms with Gasteiger partial charge in [0.2, 0.25) is 0 Å². The summed E-state index contributed by atoms with van der Waals surface area (Å²) in [5, 5.41) is 0. The van der Waals surface area contributed by atoms with Crippen molar-refractivity contribution in [3.05, 3.63) is 58.9 Å². The second-order valence-corrected chi connectivity index (χ2v) is 6.43. The first-order valence-electron chi connectivity index (χ1n) is 6.16. The van der Waals surface area contributed by atoms with Crippen LogP contribution in [0.3, 0.4) is 0 Å². The van der Waals surface area contributed by atoms with E-state index in [-0.39, 0.29) is 10.6 Å². The molecular weight excluding hydrogens is 277 g/mol. The second-order valence-electron chi connectivity index (χ2n) is 4.81. The fourth-order valence-electron chi connectivity index (χ4n) is 2.33. The van der Waals surface area contributed by atoms with Gasteiger partial charge in [-0.15, -0.1) is 0 Å². The number of hydrogen-bond acceptors (Lipinski definition) is 2. The number of para-hydroxylation sites is 1. The molecule has 0 saturated heterocycles. The van der Waals surface area contributed by atoms with Gasteiger partial charge in [-0.05, 0) is 44.0 Å². The Kier molecular flexibility index (Phi) is 3.81. The summed E-state index contributed by atoms with van der Waals surface area (Å²) in [4.78, 5) is 0.200. The molecule has 0 bridgehead atoms. The van der Waals surface area contributed by atoms with Gasteiger partial charge in [-0.2, -0.15) is 0 Å². The standard InChI is InChI=1S/C15H16FNO2S/c1-10-8-11(2)15(12(3)9-10)20(18,19)17-14-7-5-4-6-13(14)16/h4-9,17H,1-3H3. The predicted molar refractivity (Wildman–Crippen MR) is 77.9 cm³/mol. The molecule has 0 aromatic heterocycles. The first-order valence-corrected chi connectivity index (χ1v) is 7.65. The topological polar surface area (TPSA) is 46.2 Å². The third-order valence-electron chi connectivity index (χ3n) is 2.99. The minimum atomic E-state index is -3.80. The fourth-order valence-corrected chi connectivity index (χ4v) is 3.85. The van der Waals surface area contributed by atoms with E-state index in [0.717, 1.165) is 5.56 Å². The van der Waals surface area contributed by atoms with Crippen LogP contribution in [-0.4, -0.2) is 8.42 Å². The molecule has 0 amide bonds. The molecular formula is C15H16FNO2S. The van der Waals surface area contributed by atoms with Crippen LogP contribution in [0.4, 0.5) is 10.1 Å². The van der Waals surface area contributed by atoms with Gasteiger partial charge in [0.05, 0.1) is 10.6 Å². The molecule has 0 heterocycles. The molecule has 106 valence electrons. The lowest BCUT2D eigenvalue weighted by atomic mass is 10.1. The van der Waals surface area contributed by atoms with Gasteiger partial charge in [0.1, 0.15) is 5.82 Å². The zero-order valence-corrected chi connectivity index (χ0v) is 12.4. The van der Waals surface area contributed by atoms with Gasteiger partial charge in [0.25, 0.3) is 10.0 Å². The summed E-state index contributed by atoms with van der Waals surface area (Å²) < 4.78 is 40.7. The number of hydrogen-bond donors (Lipinski definition) is 1. The molecule has 0 spiro atoms. The van der Waals surface area contributed by atoms with E-state index in [1.807, 2.05) is 6.92 Å².